The Balaban J connectivity index is 1.81. The molecule has 0 aliphatic rings. The van der Waals surface area contributed by atoms with Gasteiger partial charge in [-0.25, -0.2) is 0 Å². The Hall–Kier alpha value is -1.99. The molecule has 76 valence electrons. The molecule has 1 N–H and O–H groups in total. The molecular formula is C11H10N2O2. The predicted octanol–water partition coefficient (Wildman–Crippen LogP) is 2.03. The van der Waals surface area contributed by atoms with E-state index in [9.17, 15) is 0 Å². The van der Waals surface area contributed by atoms with Crippen LogP contribution >= 0.6 is 0 Å². The van der Waals surface area contributed by atoms with Crippen molar-refractivity contribution < 1.29 is 8.83 Å². The minimum absolute atomic E-state index is 0.343. The molecule has 0 saturated heterocycles. The number of furan rings is 2. The SMILES string of the molecule is N#Cc1ccc(CNCc2ccoc2)o1. The summed E-state index contributed by atoms with van der Waals surface area (Å²) in [5.41, 5.74) is 1.09. The molecule has 2 aromatic heterocycles. The lowest BCUT2D eigenvalue weighted by Crippen LogP contribution is -2.11. The van der Waals surface area contributed by atoms with Gasteiger partial charge in [-0.2, -0.15) is 5.26 Å². The summed E-state index contributed by atoms with van der Waals surface area (Å²) < 4.78 is 10.1. The molecule has 0 unspecified atom stereocenters. The van der Waals surface area contributed by atoms with Crippen LogP contribution in [0.1, 0.15) is 17.1 Å². The van der Waals surface area contributed by atoms with Gasteiger partial charge in [-0.05, 0) is 18.2 Å². The first-order valence-corrected chi connectivity index (χ1v) is 4.59. The molecule has 0 atom stereocenters. The molecule has 0 radical (unpaired) electrons. The fourth-order valence-corrected chi connectivity index (χ4v) is 1.26. The van der Waals surface area contributed by atoms with Crippen LogP contribution in [0, 0.1) is 11.3 Å². The zero-order chi connectivity index (χ0) is 10.5. The van der Waals surface area contributed by atoms with Gasteiger partial charge in [-0.15, -0.1) is 0 Å². The van der Waals surface area contributed by atoms with Gasteiger partial charge < -0.3 is 14.2 Å². The maximum Gasteiger partial charge on any atom is 0.203 e. The van der Waals surface area contributed by atoms with Gasteiger partial charge in [-0.1, -0.05) is 0 Å². The smallest absolute Gasteiger partial charge is 0.203 e. The van der Waals surface area contributed by atoms with Crippen molar-refractivity contribution in [2.24, 2.45) is 0 Å². The van der Waals surface area contributed by atoms with E-state index in [1.807, 2.05) is 12.1 Å². The minimum atomic E-state index is 0.343. The summed E-state index contributed by atoms with van der Waals surface area (Å²) in [5.74, 6) is 1.10. The van der Waals surface area contributed by atoms with Crippen LogP contribution in [0.4, 0.5) is 0 Å². The van der Waals surface area contributed by atoms with E-state index in [4.69, 9.17) is 14.1 Å². The molecule has 0 bridgehead atoms. The van der Waals surface area contributed by atoms with Gasteiger partial charge in [0.15, 0.2) is 0 Å². The third-order valence-electron chi connectivity index (χ3n) is 1.98. The number of nitrogens with one attached hydrogen (secondary N) is 1. The summed E-state index contributed by atoms with van der Waals surface area (Å²) in [6, 6.07) is 7.29. The van der Waals surface area contributed by atoms with Crippen molar-refractivity contribution in [3.8, 4) is 6.07 Å². The maximum atomic E-state index is 8.55. The maximum absolute atomic E-state index is 8.55. The van der Waals surface area contributed by atoms with Crippen LogP contribution in [0.15, 0.2) is 39.6 Å². The first-order valence-electron chi connectivity index (χ1n) is 4.59. The van der Waals surface area contributed by atoms with Crippen LogP contribution in [-0.2, 0) is 13.1 Å². The molecule has 0 saturated carbocycles. The number of nitrogens with zero attached hydrogens (tertiary/aromatic N) is 1. The van der Waals surface area contributed by atoms with Gasteiger partial charge >= 0.3 is 0 Å². The van der Waals surface area contributed by atoms with Crippen LogP contribution in [0.25, 0.3) is 0 Å². The molecule has 0 aliphatic heterocycles. The Bertz CT molecular complexity index is 451. The fraction of sp³-hybridized carbons (Fsp3) is 0.182. The Morgan fingerprint density at radius 1 is 1.27 bits per heavy atom. The summed E-state index contributed by atoms with van der Waals surface area (Å²) in [4.78, 5) is 0. The van der Waals surface area contributed by atoms with Gasteiger partial charge in [-0.3, -0.25) is 0 Å². The molecule has 0 spiro atoms. The van der Waals surface area contributed by atoms with Crippen LogP contribution in [-0.4, -0.2) is 0 Å². The predicted molar refractivity (Wildman–Crippen MR) is 52.7 cm³/mol. The molecule has 0 fully saturated rings. The molecule has 0 amide bonds. The second kappa shape index (κ2) is 4.49. The Kier molecular flexibility index (Phi) is 2.86. The van der Waals surface area contributed by atoms with Crippen molar-refractivity contribution in [2.75, 3.05) is 0 Å². The number of hydrogen-bond acceptors (Lipinski definition) is 4. The van der Waals surface area contributed by atoms with E-state index < -0.39 is 0 Å². The summed E-state index contributed by atoms with van der Waals surface area (Å²) in [5, 5.41) is 11.7. The first kappa shape index (κ1) is 9.56. The molecule has 4 nitrogen and oxygen atoms in total. The highest BCUT2D eigenvalue weighted by molar-refractivity contribution is 5.19. The molecule has 0 aliphatic carbocycles. The second-order valence-corrected chi connectivity index (χ2v) is 3.11. The van der Waals surface area contributed by atoms with E-state index in [1.165, 1.54) is 0 Å². The summed E-state index contributed by atoms with van der Waals surface area (Å²) >= 11 is 0. The molecule has 4 heteroatoms. The Labute approximate surface area is 87.1 Å². The van der Waals surface area contributed by atoms with Crippen LogP contribution < -0.4 is 5.32 Å². The third-order valence-corrected chi connectivity index (χ3v) is 1.98. The van der Waals surface area contributed by atoms with Crippen LogP contribution in [0.2, 0.25) is 0 Å². The molecule has 15 heavy (non-hydrogen) atoms. The van der Waals surface area contributed by atoms with Crippen molar-refractivity contribution in [1.82, 2.24) is 5.32 Å². The van der Waals surface area contributed by atoms with Crippen molar-refractivity contribution in [1.29, 1.82) is 5.26 Å². The first-order chi connectivity index (χ1) is 7.38. The molecule has 0 aromatic carbocycles. The van der Waals surface area contributed by atoms with E-state index in [1.54, 1.807) is 24.7 Å². The van der Waals surface area contributed by atoms with E-state index in [0.717, 1.165) is 17.9 Å². The lowest BCUT2D eigenvalue weighted by Gasteiger charge is -1.98. The Morgan fingerprint density at radius 2 is 2.20 bits per heavy atom. The fourth-order valence-electron chi connectivity index (χ4n) is 1.26. The number of hydrogen-bond donors (Lipinski definition) is 1. The van der Waals surface area contributed by atoms with Crippen molar-refractivity contribution in [3.05, 3.63) is 47.8 Å². The van der Waals surface area contributed by atoms with Gasteiger partial charge in [0, 0.05) is 12.1 Å². The van der Waals surface area contributed by atoms with Crippen molar-refractivity contribution in [2.45, 2.75) is 13.1 Å². The largest absolute Gasteiger partial charge is 0.472 e. The van der Waals surface area contributed by atoms with Crippen molar-refractivity contribution >= 4 is 0 Å². The van der Waals surface area contributed by atoms with Crippen LogP contribution in [0.3, 0.4) is 0 Å². The molecule has 2 heterocycles. The quantitative estimate of drug-likeness (QED) is 0.824. The van der Waals surface area contributed by atoms with E-state index in [0.29, 0.717) is 12.3 Å². The van der Waals surface area contributed by atoms with Gasteiger partial charge in [0.25, 0.3) is 0 Å². The van der Waals surface area contributed by atoms with Crippen molar-refractivity contribution in [3.63, 3.8) is 0 Å². The van der Waals surface area contributed by atoms with E-state index >= 15 is 0 Å². The molecular weight excluding hydrogens is 192 g/mol. The minimum Gasteiger partial charge on any atom is -0.472 e. The average molecular weight is 202 g/mol. The average Bonchev–Trinajstić information content (AvgIpc) is 2.88. The molecule has 2 rings (SSSR count). The highest BCUT2D eigenvalue weighted by atomic mass is 16.3. The second-order valence-electron chi connectivity index (χ2n) is 3.11. The van der Waals surface area contributed by atoms with Crippen LogP contribution in [0.5, 0.6) is 0 Å². The van der Waals surface area contributed by atoms with Gasteiger partial charge in [0.2, 0.25) is 5.76 Å². The summed E-state index contributed by atoms with van der Waals surface area (Å²) in [7, 11) is 0. The highest BCUT2D eigenvalue weighted by Crippen LogP contribution is 2.06. The lowest BCUT2D eigenvalue weighted by atomic mass is 10.3. The highest BCUT2D eigenvalue weighted by Gasteiger charge is 2.00. The summed E-state index contributed by atoms with van der Waals surface area (Å²) in [6.45, 7) is 1.33. The normalized spacial score (nSPS) is 10.1. The van der Waals surface area contributed by atoms with Gasteiger partial charge in [0.05, 0.1) is 19.1 Å². The van der Waals surface area contributed by atoms with E-state index in [2.05, 4.69) is 5.32 Å². The topological polar surface area (TPSA) is 62.1 Å². The zero-order valence-corrected chi connectivity index (χ0v) is 8.06. The number of nitriles is 1. The zero-order valence-electron chi connectivity index (χ0n) is 8.06. The molecule has 2 aromatic rings. The number of rotatable bonds is 4. The monoisotopic (exact) mass is 202 g/mol. The third kappa shape index (κ3) is 2.48. The standard InChI is InChI=1S/C11H10N2O2/c12-5-10-1-2-11(15-10)7-13-6-9-3-4-14-8-9/h1-4,8,13H,6-7H2. The lowest BCUT2D eigenvalue weighted by molar-refractivity contribution is 0.473. The van der Waals surface area contributed by atoms with Gasteiger partial charge in [0.1, 0.15) is 11.8 Å². The van der Waals surface area contributed by atoms with E-state index in [-0.39, 0.29) is 0 Å². The Morgan fingerprint density at radius 3 is 2.87 bits per heavy atom. The summed E-state index contributed by atoms with van der Waals surface area (Å²) in [6.07, 6.45) is 3.33.